The summed E-state index contributed by atoms with van der Waals surface area (Å²) in [5, 5.41) is 10.1. The van der Waals surface area contributed by atoms with Crippen LogP contribution in [0, 0.1) is 18.0 Å². The fraction of sp³-hybridized carbons (Fsp3) is 0.125. The Hall–Kier alpha value is -1.85. The van der Waals surface area contributed by atoms with Gasteiger partial charge in [-0.15, -0.1) is 5.10 Å². The minimum Gasteiger partial charge on any atom is -0.218 e. The van der Waals surface area contributed by atoms with Gasteiger partial charge in [0.05, 0.1) is 6.54 Å². The molecule has 0 saturated carbocycles. The van der Waals surface area contributed by atoms with Crippen molar-refractivity contribution in [3.8, 4) is 0 Å². The standard InChI is InChI=1S/C8H5F2N4/c9-7-3-1-2-6(8(7)10)4-14-5-11-12-13-14/h1-3H,4H2. The zero-order valence-corrected chi connectivity index (χ0v) is 6.98. The lowest BCUT2D eigenvalue weighted by Gasteiger charge is -2.01. The lowest BCUT2D eigenvalue weighted by atomic mass is 10.2. The van der Waals surface area contributed by atoms with Crippen LogP contribution in [-0.4, -0.2) is 20.2 Å². The number of aromatic nitrogens is 4. The first-order valence-electron chi connectivity index (χ1n) is 3.84. The summed E-state index contributed by atoms with van der Waals surface area (Å²) in [4.78, 5) is 0. The molecule has 1 aromatic heterocycles. The van der Waals surface area contributed by atoms with E-state index >= 15 is 0 Å². The molecule has 2 rings (SSSR count). The van der Waals surface area contributed by atoms with E-state index in [0.29, 0.717) is 0 Å². The molecule has 0 bridgehead atoms. The van der Waals surface area contributed by atoms with Gasteiger partial charge in [0, 0.05) is 5.56 Å². The van der Waals surface area contributed by atoms with E-state index in [4.69, 9.17) is 0 Å². The maximum atomic E-state index is 13.1. The first kappa shape index (κ1) is 8.74. The average molecular weight is 195 g/mol. The molecule has 0 amide bonds. The molecule has 0 atom stereocenters. The van der Waals surface area contributed by atoms with Gasteiger partial charge in [0.1, 0.15) is 0 Å². The van der Waals surface area contributed by atoms with Gasteiger partial charge in [0.15, 0.2) is 11.6 Å². The van der Waals surface area contributed by atoms with Crippen LogP contribution in [0.25, 0.3) is 0 Å². The highest BCUT2D eigenvalue weighted by Crippen LogP contribution is 2.11. The fourth-order valence-electron chi connectivity index (χ4n) is 1.06. The van der Waals surface area contributed by atoms with Crippen LogP contribution in [0.15, 0.2) is 18.2 Å². The van der Waals surface area contributed by atoms with Crippen LogP contribution in [0.2, 0.25) is 0 Å². The van der Waals surface area contributed by atoms with E-state index in [-0.39, 0.29) is 12.1 Å². The molecule has 2 aromatic rings. The van der Waals surface area contributed by atoms with Crippen LogP contribution in [0.4, 0.5) is 8.78 Å². The number of hydrogen-bond acceptors (Lipinski definition) is 3. The molecule has 6 heteroatoms. The molecule has 1 radical (unpaired) electrons. The third-order valence-electron chi connectivity index (χ3n) is 1.70. The molecule has 0 aliphatic rings. The van der Waals surface area contributed by atoms with Crippen molar-refractivity contribution < 1.29 is 8.78 Å². The Labute approximate surface area is 78.2 Å². The van der Waals surface area contributed by atoms with Crippen LogP contribution in [0.5, 0.6) is 0 Å². The van der Waals surface area contributed by atoms with E-state index in [9.17, 15) is 8.78 Å². The molecule has 0 N–H and O–H groups in total. The summed E-state index contributed by atoms with van der Waals surface area (Å²) in [5.41, 5.74) is 0.188. The van der Waals surface area contributed by atoms with Crippen molar-refractivity contribution in [2.24, 2.45) is 0 Å². The van der Waals surface area contributed by atoms with Gasteiger partial charge in [-0.1, -0.05) is 12.1 Å². The highest BCUT2D eigenvalue weighted by atomic mass is 19.2. The minimum absolute atomic E-state index is 0.0661. The molecule has 14 heavy (non-hydrogen) atoms. The van der Waals surface area contributed by atoms with Crippen LogP contribution < -0.4 is 0 Å². The summed E-state index contributed by atoms with van der Waals surface area (Å²) in [5.74, 6) is -1.76. The van der Waals surface area contributed by atoms with Crippen LogP contribution in [0.3, 0.4) is 0 Å². The predicted molar refractivity (Wildman–Crippen MR) is 42.1 cm³/mol. The summed E-state index contributed by atoms with van der Waals surface area (Å²) < 4.78 is 27.1. The van der Waals surface area contributed by atoms with Gasteiger partial charge in [0.25, 0.3) is 0 Å². The highest BCUT2D eigenvalue weighted by molar-refractivity contribution is 5.18. The summed E-state index contributed by atoms with van der Waals surface area (Å²) in [7, 11) is 0. The third kappa shape index (κ3) is 1.59. The van der Waals surface area contributed by atoms with Gasteiger partial charge in [-0.25, -0.2) is 13.5 Å². The third-order valence-corrected chi connectivity index (χ3v) is 1.70. The summed E-state index contributed by atoms with van der Waals surface area (Å²) in [6, 6.07) is 3.95. The molecular weight excluding hydrogens is 190 g/mol. The summed E-state index contributed by atoms with van der Waals surface area (Å²) >= 11 is 0. The Balaban J connectivity index is 2.29. The normalized spacial score (nSPS) is 10.4. The molecule has 0 fully saturated rings. The van der Waals surface area contributed by atoms with Gasteiger partial charge in [-0.2, -0.15) is 0 Å². The first-order chi connectivity index (χ1) is 6.77. The van der Waals surface area contributed by atoms with E-state index in [1.165, 1.54) is 16.8 Å². The number of hydrogen-bond donors (Lipinski definition) is 0. The van der Waals surface area contributed by atoms with Gasteiger partial charge in [-0.05, 0) is 16.5 Å². The van der Waals surface area contributed by atoms with Crippen LogP contribution in [0.1, 0.15) is 5.56 Å². The van der Waals surface area contributed by atoms with Crippen molar-refractivity contribution in [3.05, 3.63) is 41.7 Å². The average Bonchev–Trinajstić information content (AvgIpc) is 2.66. The monoisotopic (exact) mass is 195 g/mol. The minimum atomic E-state index is -0.879. The first-order valence-corrected chi connectivity index (χ1v) is 3.84. The Morgan fingerprint density at radius 3 is 2.93 bits per heavy atom. The molecule has 0 saturated heterocycles. The van der Waals surface area contributed by atoms with Crippen molar-refractivity contribution in [1.82, 2.24) is 20.2 Å². The zero-order chi connectivity index (χ0) is 9.97. The molecule has 1 aromatic carbocycles. The Morgan fingerprint density at radius 1 is 1.36 bits per heavy atom. The van der Waals surface area contributed by atoms with Crippen molar-refractivity contribution in [1.29, 1.82) is 0 Å². The van der Waals surface area contributed by atoms with Gasteiger partial charge >= 0.3 is 0 Å². The SMILES string of the molecule is Fc1cccc(Cn2[c]nnn2)c1F. The molecule has 0 spiro atoms. The van der Waals surface area contributed by atoms with E-state index < -0.39 is 11.6 Å². The summed E-state index contributed by atoms with van der Waals surface area (Å²) in [6.07, 6.45) is 2.39. The molecule has 0 unspecified atom stereocenters. The molecule has 1 heterocycles. The van der Waals surface area contributed by atoms with E-state index in [2.05, 4.69) is 21.9 Å². The van der Waals surface area contributed by atoms with Gasteiger partial charge in [0.2, 0.25) is 6.33 Å². The lowest BCUT2D eigenvalue weighted by Crippen LogP contribution is -2.04. The van der Waals surface area contributed by atoms with Crippen molar-refractivity contribution in [3.63, 3.8) is 0 Å². The van der Waals surface area contributed by atoms with Crippen LogP contribution in [-0.2, 0) is 6.54 Å². The topological polar surface area (TPSA) is 43.6 Å². The molecular formula is C8H5F2N4. The van der Waals surface area contributed by atoms with Crippen molar-refractivity contribution >= 4 is 0 Å². The van der Waals surface area contributed by atoms with Crippen LogP contribution >= 0.6 is 0 Å². The molecule has 4 nitrogen and oxygen atoms in total. The Morgan fingerprint density at radius 2 is 2.21 bits per heavy atom. The number of rotatable bonds is 2. The number of halogens is 2. The highest BCUT2D eigenvalue weighted by Gasteiger charge is 2.08. The quantitative estimate of drug-likeness (QED) is 0.711. The molecule has 0 aliphatic carbocycles. The second-order valence-corrected chi connectivity index (χ2v) is 2.65. The predicted octanol–water partition coefficient (Wildman–Crippen LogP) is 0.800. The van der Waals surface area contributed by atoms with Gasteiger partial charge in [-0.3, -0.25) is 0 Å². The van der Waals surface area contributed by atoms with E-state index in [0.717, 1.165) is 6.07 Å². The molecule has 71 valence electrons. The fourth-order valence-corrected chi connectivity index (χ4v) is 1.06. The maximum Gasteiger partial charge on any atom is 0.221 e. The smallest absolute Gasteiger partial charge is 0.218 e. The number of tetrazole rings is 1. The Kier molecular flexibility index (Phi) is 2.18. The van der Waals surface area contributed by atoms with Crippen molar-refractivity contribution in [2.75, 3.05) is 0 Å². The van der Waals surface area contributed by atoms with E-state index in [1.807, 2.05) is 0 Å². The number of benzene rings is 1. The second kappa shape index (κ2) is 3.49. The molecule has 0 aliphatic heterocycles. The summed E-state index contributed by atoms with van der Waals surface area (Å²) in [6.45, 7) is 0.0661. The largest absolute Gasteiger partial charge is 0.221 e. The second-order valence-electron chi connectivity index (χ2n) is 2.65. The maximum absolute atomic E-state index is 13.1. The van der Waals surface area contributed by atoms with Gasteiger partial charge < -0.3 is 0 Å². The Bertz CT molecular complexity index is 427. The zero-order valence-electron chi connectivity index (χ0n) is 6.98. The van der Waals surface area contributed by atoms with E-state index in [1.54, 1.807) is 0 Å². The lowest BCUT2D eigenvalue weighted by molar-refractivity contribution is 0.490. The number of nitrogens with zero attached hydrogens (tertiary/aromatic N) is 4. The van der Waals surface area contributed by atoms with Crippen molar-refractivity contribution in [2.45, 2.75) is 6.54 Å².